The smallest absolute Gasteiger partial charge is 0.212 e. The molecule has 0 amide bonds. The minimum atomic E-state index is -0.0875. The first-order valence-electron chi connectivity index (χ1n) is 4.41. The van der Waals surface area contributed by atoms with Crippen LogP contribution in [0.5, 0.6) is 0 Å². The number of hydrogen-bond acceptors (Lipinski definition) is 4. The van der Waals surface area contributed by atoms with Gasteiger partial charge in [0.25, 0.3) is 0 Å². The third-order valence-corrected chi connectivity index (χ3v) is 3.41. The van der Waals surface area contributed by atoms with Gasteiger partial charge in [0.15, 0.2) is 0 Å². The van der Waals surface area contributed by atoms with Gasteiger partial charge in [0.05, 0.1) is 17.2 Å². The van der Waals surface area contributed by atoms with Crippen LogP contribution in [0.15, 0.2) is 6.07 Å². The van der Waals surface area contributed by atoms with Gasteiger partial charge >= 0.3 is 0 Å². The summed E-state index contributed by atoms with van der Waals surface area (Å²) in [5.74, 6) is 0. The molecule has 0 atom stereocenters. The van der Waals surface area contributed by atoms with Crippen LogP contribution in [0.4, 0.5) is 0 Å². The molecule has 6 heteroatoms. The second-order valence-electron chi connectivity index (χ2n) is 3.21. The molecule has 0 aliphatic rings. The zero-order valence-corrected chi connectivity index (χ0v) is 9.93. The van der Waals surface area contributed by atoms with Crippen molar-refractivity contribution in [3.05, 3.63) is 27.5 Å². The summed E-state index contributed by atoms with van der Waals surface area (Å²) in [5.41, 5.74) is 1.94. The Morgan fingerprint density at radius 3 is 2.73 bits per heavy atom. The Bertz CT molecular complexity index is 492. The van der Waals surface area contributed by atoms with Crippen LogP contribution in [0.1, 0.15) is 16.3 Å². The van der Waals surface area contributed by atoms with Crippen LogP contribution >= 0.6 is 22.9 Å². The Balaban J connectivity index is 2.49. The second kappa shape index (κ2) is 3.92. The van der Waals surface area contributed by atoms with Crippen molar-refractivity contribution < 1.29 is 5.11 Å². The number of aliphatic hydroxyl groups is 1. The highest BCUT2D eigenvalue weighted by Gasteiger charge is 2.12. The van der Waals surface area contributed by atoms with Gasteiger partial charge in [0.1, 0.15) is 5.15 Å². The number of hydrogen-bond donors (Lipinski definition) is 1. The molecule has 80 valence electrons. The number of aryl methyl sites for hydroxylation is 2. The maximum Gasteiger partial charge on any atom is 0.212 e. The standard InChI is InChI=1S/C9H10ClN3OS/c1-5-3-6(2)13(12-5)9-11-8(10)7(4-14)15-9/h3,14H,4H2,1-2H3. The van der Waals surface area contributed by atoms with E-state index in [1.807, 2.05) is 19.9 Å². The number of rotatable bonds is 2. The van der Waals surface area contributed by atoms with Gasteiger partial charge in [-0.05, 0) is 19.9 Å². The minimum Gasteiger partial charge on any atom is -0.391 e. The molecule has 2 aromatic heterocycles. The summed E-state index contributed by atoms with van der Waals surface area (Å²) in [6.45, 7) is 3.79. The molecule has 0 radical (unpaired) electrons. The van der Waals surface area contributed by atoms with Crippen molar-refractivity contribution in [3.8, 4) is 5.13 Å². The van der Waals surface area contributed by atoms with Crippen molar-refractivity contribution in [3.63, 3.8) is 0 Å². The molecule has 0 spiro atoms. The van der Waals surface area contributed by atoms with Crippen LogP contribution in [-0.4, -0.2) is 19.9 Å². The topological polar surface area (TPSA) is 50.9 Å². The molecule has 0 aliphatic carbocycles. The van der Waals surface area contributed by atoms with Crippen molar-refractivity contribution in [2.75, 3.05) is 0 Å². The molecule has 0 saturated carbocycles. The summed E-state index contributed by atoms with van der Waals surface area (Å²) in [4.78, 5) is 4.82. The van der Waals surface area contributed by atoms with E-state index in [-0.39, 0.29) is 6.61 Å². The van der Waals surface area contributed by atoms with Gasteiger partial charge in [0, 0.05) is 5.69 Å². The predicted octanol–water partition coefficient (Wildman–Crippen LogP) is 2.09. The van der Waals surface area contributed by atoms with Gasteiger partial charge in [-0.1, -0.05) is 22.9 Å². The van der Waals surface area contributed by atoms with Crippen molar-refractivity contribution in [1.82, 2.24) is 14.8 Å². The lowest BCUT2D eigenvalue weighted by atomic mass is 10.4. The molecule has 0 fully saturated rings. The van der Waals surface area contributed by atoms with Gasteiger partial charge in [-0.15, -0.1) is 0 Å². The Morgan fingerprint density at radius 1 is 1.53 bits per heavy atom. The average molecular weight is 244 g/mol. The van der Waals surface area contributed by atoms with Crippen LogP contribution in [0.25, 0.3) is 5.13 Å². The quantitative estimate of drug-likeness (QED) is 0.879. The number of nitrogens with zero attached hydrogens (tertiary/aromatic N) is 3. The zero-order chi connectivity index (χ0) is 11.0. The van der Waals surface area contributed by atoms with Crippen LogP contribution in [0, 0.1) is 13.8 Å². The Morgan fingerprint density at radius 2 is 2.27 bits per heavy atom. The number of thiazole rings is 1. The summed E-state index contributed by atoms with van der Waals surface area (Å²) in [6.07, 6.45) is 0. The van der Waals surface area contributed by atoms with Gasteiger partial charge in [-0.3, -0.25) is 0 Å². The fraction of sp³-hybridized carbons (Fsp3) is 0.333. The maximum atomic E-state index is 9.01. The highest BCUT2D eigenvalue weighted by molar-refractivity contribution is 7.14. The molecule has 0 saturated heterocycles. The van der Waals surface area contributed by atoms with Gasteiger partial charge in [-0.2, -0.15) is 5.10 Å². The molecule has 1 N–H and O–H groups in total. The molecule has 2 heterocycles. The Labute approximate surface area is 96.1 Å². The van der Waals surface area contributed by atoms with E-state index in [9.17, 15) is 0 Å². The zero-order valence-electron chi connectivity index (χ0n) is 8.36. The highest BCUT2D eigenvalue weighted by Crippen LogP contribution is 2.26. The lowest BCUT2D eigenvalue weighted by Crippen LogP contribution is -1.97. The second-order valence-corrected chi connectivity index (χ2v) is 4.63. The van der Waals surface area contributed by atoms with Crippen LogP contribution < -0.4 is 0 Å². The summed E-state index contributed by atoms with van der Waals surface area (Å²) in [7, 11) is 0. The van der Waals surface area contributed by atoms with Crippen molar-refractivity contribution >= 4 is 22.9 Å². The fourth-order valence-electron chi connectivity index (χ4n) is 1.33. The Kier molecular flexibility index (Phi) is 2.77. The summed E-state index contributed by atoms with van der Waals surface area (Å²) >= 11 is 7.20. The number of halogens is 1. The van der Waals surface area contributed by atoms with E-state index in [1.54, 1.807) is 4.68 Å². The minimum absolute atomic E-state index is 0.0875. The molecular weight excluding hydrogens is 234 g/mol. The average Bonchev–Trinajstić information content (AvgIpc) is 2.69. The van der Waals surface area contributed by atoms with E-state index < -0.39 is 0 Å². The molecule has 4 nitrogen and oxygen atoms in total. The van der Waals surface area contributed by atoms with E-state index in [4.69, 9.17) is 16.7 Å². The molecule has 0 bridgehead atoms. The SMILES string of the molecule is Cc1cc(C)n(-c2nc(Cl)c(CO)s2)n1. The lowest BCUT2D eigenvalue weighted by Gasteiger charge is -1.96. The summed E-state index contributed by atoms with van der Waals surface area (Å²) in [5, 5.41) is 14.3. The van der Waals surface area contributed by atoms with E-state index in [0.29, 0.717) is 15.2 Å². The molecule has 0 aromatic carbocycles. The first-order chi connectivity index (χ1) is 7.11. The molecule has 2 rings (SSSR count). The van der Waals surface area contributed by atoms with Gasteiger partial charge < -0.3 is 5.11 Å². The normalized spacial score (nSPS) is 10.9. The summed E-state index contributed by atoms with van der Waals surface area (Å²) < 4.78 is 1.73. The lowest BCUT2D eigenvalue weighted by molar-refractivity contribution is 0.285. The number of aliphatic hydroxyl groups excluding tert-OH is 1. The first kappa shape index (κ1) is 10.6. The first-order valence-corrected chi connectivity index (χ1v) is 5.61. The van der Waals surface area contributed by atoms with E-state index in [2.05, 4.69) is 10.1 Å². The van der Waals surface area contributed by atoms with Crippen molar-refractivity contribution in [2.45, 2.75) is 20.5 Å². The molecular formula is C9H10ClN3OS. The van der Waals surface area contributed by atoms with Crippen LogP contribution in [0.2, 0.25) is 5.15 Å². The highest BCUT2D eigenvalue weighted by atomic mass is 35.5. The van der Waals surface area contributed by atoms with Gasteiger partial charge in [0.2, 0.25) is 5.13 Å². The third-order valence-electron chi connectivity index (χ3n) is 1.97. The maximum absolute atomic E-state index is 9.01. The fourth-order valence-corrected chi connectivity index (χ4v) is 2.46. The van der Waals surface area contributed by atoms with E-state index >= 15 is 0 Å². The number of aromatic nitrogens is 3. The van der Waals surface area contributed by atoms with Crippen LogP contribution in [-0.2, 0) is 6.61 Å². The Hall–Kier alpha value is -0.910. The monoisotopic (exact) mass is 243 g/mol. The molecule has 0 aliphatic heterocycles. The van der Waals surface area contributed by atoms with E-state index in [1.165, 1.54) is 11.3 Å². The largest absolute Gasteiger partial charge is 0.391 e. The summed E-state index contributed by atoms with van der Waals surface area (Å²) in [6, 6.07) is 1.97. The molecule has 15 heavy (non-hydrogen) atoms. The van der Waals surface area contributed by atoms with Gasteiger partial charge in [-0.25, -0.2) is 9.67 Å². The van der Waals surface area contributed by atoms with Crippen LogP contribution in [0.3, 0.4) is 0 Å². The predicted molar refractivity (Wildman–Crippen MR) is 59.6 cm³/mol. The third kappa shape index (κ3) is 1.90. The van der Waals surface area contributed by atoms with E-state index in [0.717, 1.165) is 11.4 Å². The molecule has 2 aromatic rings. The van der Waals surface area contributed by atoms with Crippen molar-refractivity contribution in [1.29, 1.82) is 0 Å². The molecule has 0 unspecified atom stereocenters. The van der Waals surface area contributed by atoms with Crippen molar-refractivity contribution in [2.24, 2.45) is 0 Å².